The molecule has 1 aliphatic heterocycles. The molecule has 4 saturated carbocycles. The van der Waals surface area contributed by atoms with Gasteiger partial charge in [0, 0.05) is 24.8 Å². The topological polar surface area (TPSA) is 77.0 Å². The maximum Gasteiger partial charge on any atom is 0.535 e. The second-order valence-electron chi connectivity index (χ2n) is 12.3. The SMILES string of the molecule is C/C(=N\OC(=O)OCC1CCCN1)[C@H]1CC[C@H]2[C@@H]3CC[C@H]4CC(=O)CC[C@]4(C)[C@H]3CC[C@]12C. The van der Waals surface area contributed by atoms with E-state index in [0.29, 0.717) is 35.6 Å². The van der Waals surface area contributed by atoms with Crippen molar-refractivity contribution in [3.63, 3.8) is 0 Å². The van der Waals surface area contributed by atoms with Gasteiger partial charge in [-0.3, -0.25) is 9.63 Å². The van der Waals surface area contributed by atoms with E-state index in [-0.39, 0.29) is 11.5 Å². The van der Waals surface area contributed by atoms with Crippen LogP contribution in [0.2, 0.25) is 0 Å². The zero-order valence-electron chi connectivity index (χ0n) is 20.7. The minimum absolute atomic E-state index is 0.226. The fourth-order valence-electron chi connectivity index (χ4n) is 9.00. The number of Topliss-reactive ketones (excluding diaryl/α,β-unsaturated/α-hetero) is 1. The molecule has 33 heavy (non-hydrogen) atoms. The third kappa shape index (κ3) is 4.15. The number of hydrogen-bond donors (Lipinski definition) is 1. The summed E-state index contributed by atoms with van der Waals surface area (Å²) in [6.45, 7) is 8.34. The van der Waals surface area contributed by atoms with Crippen LogP contribution in [-0.2, 0) is 14.4 Å². The molecule has 0 aromatic carbocycles. The van der Waals surface area contributed by atoms with Crippen molar-refractivity contribution in [3.05, 3.63) is 0 Å². The Kier molecular flexibility index (Phi) is 6.34. The Morgan fingerprint density at radius 1 is 1.06 bits per heavy atom. The molecule has 5 rings (SSSR count). The lowest BCUT2D eigenvalue weighted by molar-refractivity contribution is -0.138. The standard InChI is InChI=1S/C27H42N2O4/c1-17(29-33-25(31)32-16-19-5-4-14-28-19)22-8-9-23-21-7-6-18-15-20(30)10-12-26(18,2)24(21)11-13-27(22,23)3/h18-19,21-24,28H,4-16H2,1-3H3/b29-17+/t18-,19?,21-,22+,23-,24-,26-,27+/m0/s1. The number of nitrogens with one attached hydrogen (secondary N) is 1. The molecule has 0 amide bonds. The van der Waals surface area contributed by atoms with Gasteiger partial charge < -0.3 is 10.1 Å². The first-order valence-electron chi connectivity index (χ1n) is 13.4. The molecule has 6 heteroatoms. The second kappa shape index (κ2) is 8.98. The summed E-state index contributed by atoms with van der Waals surface area (Å²) in [5.74, 6) is 3.69. The van der Waals surface area contributed by atoms with Crippen molar-refractivity contribution in [2.24, 2.45) is 45.6 Å². The molecular weight excluding hydrogens is 416 g/mol. The molecule has 184 valence electrons. The third-order valence-electron chi connectivity index (χ3n) is 10.8. The van der Waals surface area contributed by atoms with E-state index in [9.17, 15) is 9.59 Å². The van der Waals surface area contributed by atoms with E-state index >= 15 is 0 Å². The maximum atomic E-state index is 12.1. The monoisotopic (exact) mass is 458 g/mol. The number of carbonyl (C=O) groups excluding carboxylic acids is 2. The predicted octanol–water partition coefficient (Wildman–Crippen LogP) is 5.50. The van der Waals surface area contributed by atoms with E-state index < -0.39 is 6.16 Å². The molecule has 4 aliphatic carbocycles. The normalized spacial score (nSPS) is 45.2. The number of carbonyl (C=O) groups is 2. The molecule has 0 radical (unpaired) electrons. The van der Waals surface area contributed by atoms with E-state index in [1.807, 2.05) is 6.92 Å². The first-order valence-corrected chi connectivity index (χ1v) is 13.4. The molecule has 1 saturated heterocycles. The minimum Gasteiger partial charge on any atom is -0.431 e. The molecule has 5 fully saturated rings. The number of nitrogens with zero attached hydrogens (tertiary/aromatic N) is 1. The van der Waals surface area contributed by atoms with Gasteiger partial charge in [0.2, 0.25) is 0 Å². The number of hydrogen-bond acceptors (Lipinski definition) is 6. The van der Waals surface area contributed by atoms with Gasteiger partial charge in [-0.15, -0.1) is 0 Å². The average Bonchev–Trinajstić information content (AvgIpc) is 3.44. The Bertz CT molecular complexity index is 806. The summed E-state index contributed by atoms with van der Waals surface area (Å²) in [6, 6.07) is 0.242. The summed E-state index contributed by atoms with van der Waals surface area (Å²) in [6.07, 6.45) is 11.5. The van der Waals surface area contributed by atoms with Gasteiger partial charge in [-0.25, -0.2) is 4.79 Å². The number of fused-ring (bicyclic) bond motifs is 5. The van der Waals surface area contributed by atoms with Crippen LogP contribution < -0.4 is 5.32 Å². The van der Waals surface area contributed by atoms with E-state index in [0.717, 1.165) is 62.6 Å². The number of oxime groups is 1. The molecule has 1 heterocycles. The van der Waals surface area contributed by atoms with Crippen molar-refractivity contribution in [3.8, 4) is 0 Å². The van der Waals surface area contributed by atoms with Gasteiger partial charge in [0.1, 0.15) is 12.4 Å². The maximum absolute atomic E-state index is 12.1. The lowest BCUT2D eigenvalue weighted by atomic mass is 9.44. The van der Waals surface area contributed by atoms with Crippen molar-refractivity contribution in [2.75, 3.05) is 13.2 Å². The smallest absolute Gasteiger partial charge is 0.431 e. The minimum atomic E-state index is -0.690. The summed E-state index contributed by atoms with van der Waals surface area (Å²) in [4.78, 5) is 29.4. The van der Waals surface area contributed by atoms with Crippen LogP contribution in [0.25, 0.3) is 0 Å². The Hall–Kier alpha value is -1.43. The Morgan fingerprint density at radius 2 is 1.88 bits per heavy atom. The van der Waals surface area contributed by atoms with E-state index in [1.54, 1.807) is 0 Å². The summed E-state index contributed by atoms with van der Waals surface area (Å²) in [5.41, 5.74) is 1.52. The van der Waals surface area contributed by atoms with Crippen LogP contribution in [0.4, 0.5) is 4.79 Å². The number of rotatable bonds is 4. The highest BCUT2D eigenvalue weighted by Gasteiger charge is 2.60. The average molecular weight is 459 g/mol. The van der Waals surface area contributed by atoms with Crippen LogP contribution in [0.15, 0.2) is 5.16 Å². The molecule has 5 aliphatic rings. The quantitative estimate of drug-likeness (QED) is 0.261. The van der Waals surface area contributed by atoms with Crippen LogP contribution in [0.1, 0.15) is 91.4 Å². The number of ketones is 1. The fraction of sp³-hybridized carbons (Fsp3) is 0.889. The molecule has 6 nitrogen and oxygen atoms in total. The van der Waals surface area contributed by atoms with Gasteiger partial charge in [-0.1, -0.05) is 19.0 Å². The molecule has 0 aromatic heterocycles. The predicted molar refractivity (Wildman–Crippen MR) is 127 cm³/mol. The molecule has 8 atom stereocenters. The Labute approximate surface area is 198 Å². The molecule has 1 unspecified atom stereocenters. The summed E-state index contributed by atoms with van der Waals surface area (Å²) in [7, 11) is 0. The van der Waals surface area contributed by atoms with Gasteiger partial charge in [-0.2, -0.15) is 0 Å². The zero-order valence-corrected chi connectivity index (χ0v) is 20.7. The van der Waals surface area contributed by atoms with Crippen molar-refractivity contribution in [1.82, 2.24) is 5.32 Å². The summed E-state index contributed by atoms with van der Waals surface area (Å²) >= 11 is 0. The third-order valence-corrected chi connectivity index (χ3v) is 10.8. The van der Waals surface area contributed by atoms with E-state index in [2.05, 4.69) is 24.3 Å². The molecule has 0 spiro atoms. The Morgan fingerprint density at radius 3 is 2.67 bits per heavy atom. The van der Waals surface area contributed by atoms with Crippen LogP contribution in [0.5, 0.6) is 0 Å². The first-order chi connectivity index (χ1) is 15.8. The van der Waals surface area contributed by atoms with Crippen LogP contribution >= 0.6 is 0 Å². The Balaban J connectivity index is 1.22. The van der Waals surface area contributed by atoms with Crippen LogP contribution in [0.3, 0.4) is 0 Å². The van der Waals surface area contributed by atoms with Crippen LogP contribution in [0, 0.1) is 40.4 Å². The van der Waals surface area contributed by atoms with Crippen LogP contribution in [-0.4, -0.2) is 36.8 Å². The molecule has 0 aromatic rings. The van der Waals surface area contributed by atoms with E-state index in [4.69, 9.17) is 9.57 Å². The highest BCUT2D eigenvalue weighted by atomic mass is 16.8. The van der Waals surface area contributed by atoms with E-state index in [1.165, 1.54) is 32.1 Å². The lowest BCUT2D eigenvalue weighted by Gasteiger charge is -2.60. The first kappa shape index (κ1) is 23.3. The van der Waals surface area contributed by atoms with Gasteiger partial charge in [0.15, 0.2) is 0 Å². The lowest BCUT2D eigenvalue weighted by Crippen LogP contribution is -2.53. The highest BCUT2D eigenvalue weighted by Crippen LogP contribution is 2.67. The van der Waals surface area contributed by atoms with Crippen molar-refractivity contribution >= 4 is 17.7 Å². The molecule has 1 N–H and O–H groups in total. The van der Waals surface area contributed by atoms with Gasteiger partial charge in [0.25, 0.3) is 0 Å². The van der Waals surface area contributed by atoms with Crippen molar-refractivity contribution in [2.45, 2.75) is 97.4 Å². The summed E-state index contributed by atoms with van der Waals surface area (Å²) in [5, 5.41) is 7.58. The molecule has 0 bridgehead atoms. The fourth-order valence-corrected chi connectivity index (χ4v) is 9.00. The molecular formula is C27H42N2O4. The van der Waals surface area contributed by atoms with Gasteiger partial charge >= 0.3 is 6.16 Å². The van der Waals surface area contributed by atoms with Gasteiger partial charge in [-0.05, 0) is 106 Å². The zero-order chi connectivity index (χ0) is 23.2. The highest BCUT2D eigenvalue weighted by molar-refractivity contribution is 5.85. The second-order valence-corrected chi connectivity index (χ2v) is 12.3. The van der Waals surface area contributed by atoms with Crippen molar-refractivity contribution in [1.29, 1.82) is 0 Å². The van der Waals surface area contributed by atoms with Gasteiger partial charge in [0.05, 0.1) is 5.71 Å². The largest absolute Gasteiger partial charge is 0.535 e. The summed E-state index contributed by atoms with van der Waals surface area (Å²) < 4.78 is 5.26. The number of ether oxygens (including phenoxy) is 1. The van der Waals surface area contributed by atoms with Crippen molar-refractivity contribution < 1.29 is 19.2 Å².